The number of aromatic amines is 1. The zero-order valence-corrected chi connectivity index (χ0v) is 15.6. The van der Waals surface area contributed by atoms with Crippen molar-refractivity contribution in [1.29, 1.82) is 5.26 Å². The van der Waals surface area contributed by atoms with Gasteiger partial charge in [0.05, 0.1) is 12.5 Å². The van der Waals surface area contributed by atoms with E-state index in [9.17, 15) is 21.6 Å². The van der Waals surface area contributed by atoms with Gasteiger partial charge in [0.15, 0.2) is 0 Å². The van der Waals surface area contributed by atoms with E-state index in [-0.39, 0.29) is 12.0 Å². The number of hydrogen-bond donors (Lipinski definition) is 2. The van der Waals surface area contributed by atoms with Crippen molar-refractivity contribution in [3.63, 3.8) is 0 Å². The zero-order valence-electron chi connectivity index (χ0n) is 14.8. The number of rotatable bonds is 5. The second-order valence-corrected chi connectivity index (χ2v) is 8.45. The Kier molecular flexibility index (Phi) is 5.58. The molecule has 0 bridgehead atoms. The average molecular weight is 401 g/mol. The molecule has 10 heteroatoms. The van der Waals surface area contributed by atoms with Gasteiger partial charge in [0.25, 0.3) is 0 Å². The maximum atomic E-state index is 12.8. The maximum Gasteiger partial charge on any atom is 0.573 e. The predicted octanol–water partition coefficient (Wildman–Crippen LogP) is 3.72. The molecule has 2 N–H and O–H groups in total. The molecule has 2 aromatic rings. The molecule has 1 aromatic heterocycles. The SMILES string of the molecule is CC(C)(C)NS(=O)(=O)c1ccc(-c2ccc(CC#N)[nH]2)cc1OC(F)(F)F. The van der Waals surface area contributed by atoms with Crippen molar-refractivity contribution < 1.29 is 26.3 Å². The highest BCUT2D eigenvalue weighted by Gasteiger charge is 2.35. The van der Waals surface area contributed by atoms with Gasteiger partial charge < -0.3 is 9.72 Å². The summed E-state index contributed by atoms with van der Waals surface area (Å²) in [6.45, 7) is 4.70. The van der Waals surface area contributed by atoms with Crippen LogP contribution in [0.15, 0.2) is 35.2 Å². The fraction of sp³-hybridized carbons (Fsp3) is 0.353. The molecule has 0 spiro atoms. The summed E-state index contributed by atoms with van der Waals surface area (Å²) in [6, 6.07) is 8.56. The van der Waals surface area contributed by atoms with Gasteiger partial charge in [-0.05, 0) is 45.0 Å². The van der Waals surface area contributed by atoms with E-state index >= 15 is 0 Å². The molecule has 146 valence electrons. The number of halogens is 3. The summed E-state index contributed by atoms with van der Waals surface area (Å²) < 4.78 is 69.7. The Balaban J connectivity index is 2.53. The lowest BCUT2D eigenvalue weighted by atomic mass is 10.1. The molecule has 27 heavy (non-hydrogen) atoms. The Morgan fingerprint density at radius 2 is 1.85 bits per heavy atom. The number of hydrogen-bond acceptors (Lipinski definition) is 4. The normalized spacial score (nSPS) is 12.6. The molecule has 0 fully saturated rings. The van der Waals surface area contributed by atoms with Crippen LogP contribution in [-0.4, -0.2) is 25.3 Å². The number of benzene rings is 1. The van der Waals surface area contributed by atoms with Gasteiger partial charge in [0.1, 0.15) is 10.6 Å². The van der Waals surface area contributed by atoms with Crippen molar-refractivity contribution in [2.75, 3.05) is 0 Å². The Morgan fingerprint density at radius 1 is 1.19 bits per heavy atom. The van der Waals surface area contributed by atoms with Gasteiger partial charge in [-0.3, -0.25) is 0 Å². The average Bonchev–Trinajstić information content (AvgIpc) is 2.91. The molecule has 0 atom stereocenters. The minimum atomic E-state index is -5.06. The molecular weight excluding hydrogens is 383 g/mol. The molecule has 0 aliphatic rings. The van der Waals surface area contributed by atoms with Gasteiger partial charge in [0.2, 0.25) is 10.0 Å². The highest BCUT2D eigenvalue weighted by Crippen LogP contribution is 2.34. The molecule has 0 aliphatic carbocycles. The minimum Gasteiger partial charge on any atom is -0.404 e. The van der Waals surface area contributed by atoms with Crippen LogP contribution >= 0.6 is 0 Å². The van der Waals surface area contributed by atoms with E-state index in [2.05, 4.69) is 14.4 Å². The summed E-state index contributed by atoms with van der Waals surface area (Å²) in [4.78, 5) is 2.27. The van der Waals surface area contributed by atoms with Crippen LogP contribution in [0, 0.1) is 11.3 Å². The number of nitriles is 1. The van der Waals surface area contributed by atoms with Gasteiger partial charge in [-0.15, -0.1) is 13.2 Å². The number of H-pyrrole nitrogens is 1. The first-order valence-electron chi connectivity index (χ1n) is 7.80. The van der Waals surface area contributed by atoms with Crippen molar-refractivity contribution in [2.24, 2.45) is 0 Å². The molecule has 0 saturated heterocycles. The van der Waals surface area contributed by atoms with E-state index in [0.717, 1.165) is 12.1 Å². The van der Waals surface area contributed by atoms with Gasteiger partial charge in [0, 0.05) is 22.5 Å². The molecule has 1 aromatic carbocycles. The highest BCUT2D eigenvalue weighted by molar-refractivity contribution is 7.89. The number of alkyl halides is 3. The molecule has 0 saturated carbocycles. The summed E-state index contributed by atoms with van der Waals surface area (Å²) in [6.07, 6.45) is -4.96. The lowest BCUT2D eigenvalue weighted by Crippen LogP contribution is -2.40. The standard InChI is InChI=1S/C17H18F3N3O3S/c1-16(2,3)23-27(24,25)15-7-4-11(10-14(15)26-17(18,19)20)13-6-5-12(22-13)8-9-21/h4-7,10,22-23H,8H2,1-3H3. The van der Waals surface area contributed by atoms with E-state index < -0.39 is 32.6 Å². The van der Waals surface area contributed by atoms with Crippen LogP contribution in [0.25, 0.3) is 11.3 Å². The molecule has 6 nitrogen and oxygen atoms in total. The van der Waals surface area contributed by atoms with Crippen LogP contribution in [0.3, 0.4) is 0 Å². The van der Waals surface area contributed by atoms with Crippen molar-refractivity contribution in [2.45, 2.75) is 44.0 Å². The smallest absolute Gasteiger partial charge is 0.404 e. The van der Waals surface area contributed by atoms with Gasteiger partial charge >= 0.3 is 6.36 Å². The molecule has 0 amide bonds. The van der Waals surface area contributed by atoms with Crippen molar-refractivity contribution in [1.82, 2.24) is 9.71 Å². The third kappa shape index (κ3) is 5.74. The maximum absolute atomic E-state index is 12.8. The first kappa shape index (κ1) is 20.8. The fourth-order valence-corrected chi connectivity index (χ4v) is 3.89. The van der Waals surface area contributed by atoms with Gasteiger partial charge in [-0.1, -0.05) is 6.07 Å². The summed E-state index contributed by atoms with van der Waals surface area (Å²) >= 11 is 0. The van der Waals surface area contributed by atoms with Crippen molar-refractivity contribution in [3.8, 4) is 23.1 Å². The number of sulfonamides is 1. The van der Waals surface area contributed by atoms with E-state index in [0.29, 0.717) is 11.4 Å². The van der Waals surface area contributed by atoms with E-state index in [4.69, 9.17) is 5.26 Å². The van der Waals surface area contributed by atoms with E-state index in [1.54, 1.807) is 32.9 Å². The van der Waals surface area contributed by atoms with E-state index in [1.165, 1.54) is 6.07 Å². The molecule has 0 radical (unpaired) electrons. The summed E-state index contributed by atoms with van der Waals surface area (Å²) in [5.41, 5.74) is 0.406. The van der Waals surface area contributed by atoms with Crippen LogP contribution in [0.4, 0.5) is 13.2 Å². The van der Waals surface area contributed by atoms with Crippen LogP contribution < -0.4 is 9.46 Å². The Morgan fingerprint density at radius 3 is 2.41 bits per heavy atom. The summed E-state index contributed by atoms with van der Waals surface area (Å²) in [5.74, 6) is -0.840. The number of nitrogens with one attached hydrogen (secondary N) is 2. The second-order valence-electron chi connectivity index (χ2n) is 6.80. The molecule has 1 heterocycles. The van der Waals surface area contributed by atoms with Crippen LogP contribution in [0.2, 0.25) is 0 Å². The first-order chi connectivity index (χ1) is 12.3. The fourth-order valence-electron chi connectivity index (χ4n) is 2.36. The van der Waals surface area contributed by atoms with Crippen LogP contribution in [0.5, 0.6) is 5.75 Å². The molecule has 0 aliphatic heterocycles. The van der Waals surface area contributed by atoms with Crippen molar-refractivity contribution in [3.05, 3.63) is 36.0 Å². The Hall–Kier alpha value is -2.51. The third-order valence-electron chi connectivity index (χ3n) is 3.23. The summed E-state index contributed by atoms with van der Waals surface area (Å²) in [5, 5.41) is 8.70. The van der Waals surface area contributed by atoms with Crippen LogP contribution in [0.1, 0.15) is 26.5 Å². The highest BCUT2D eigenvalue weighted by atomic mass is 32.2. The Bertz CT molecular complexity index is 968. The van der Waals surface area contributed by atoms with E-state index in [1.807, 2.05) is 6.07 Å². The number of ether oxygens (including phenoxy) is 1. The number of nitrogens with zero attached hydrogens (tertiary/aromatic N) is 1. The minimum absolute atomic E-state index is 0.105. The largest absolute Gasteiger partial charge is 0.573 e. The zero-order chi connectivity index (χ0) is 20.5. The topological polar surface area (TPSA) is 95.0 Å². The molecular formula is C17H18F3N3O3S. The Labute approximate surface area is 155 Å². The van der Waals surface area contributed by atoms with Crippen LogP contribution in [-0.2, 0) is 16.4 Å². The van der Waals surface area contributed by atoms with Gasteiger partial charge in [-0.25, -0.2) is 13.1 Å². The monoisotopic (exact) mass is 401 g/mol. The van der Waals surface area contributed by atoms with Gasteiger partial charge in [-0.2, -0.15) is 5.26 Å². The number of aromatic nitrogens is 1. The molecule has 2 rings (SSSR count). The molecule has 0 unspecified atom stereocenters. The first-order valence-corrected chi connectivity index (χ1v) is 9.28. The lowest BCUT2D eigenvalue weighted by molar-refractivity contribution is -0.275. The summed E-state index contributed by atoms with van der Waals surface area (Å²) in [7, 11) is -4.25. The van der Waals surface area contributed by atoms with Crippen molar-refractivity contribution >= 4 is 10.0 Å². The second kappa shape index (κ2) is 7.25. The predicted molar refractivity (Wildman–Crippen MR) is 92.3 cm³/mol. The third-order valence-corrected chi connectivity index (χ3v) is 5.02. The quantitative estimate of drug-likeness (QED) is 0.798. The lowest BCUT2D eigenvalue weighted by Gasteiger charge is -2.22.